The van der Waals surface area contributed by atoms with Gasteiger partial charge >= 0.3 is 5.97 Å². The second-order valence-electron chi connectivity index (χ2n) is 7.99. The number of amides is 1. The molecule has 0 aliphatic carbocycles. The lowest BCUT2D eigenvalue weighted by Crippen LogP contribution is -3.00. The smallest absolute Gasteiger partial charge is 0.330 e. The predicted octanol–water partition coefficient (Wildman–Crippen LogP) is -0.144. The van der Waals surface area contributed by atoms with Crippen molar-refractivity contribution in [3.8, 4) is 0 Å². The summed E-state index contributed by atoms with van der Waals surface area (Å²) in [5.74, 6) is -0.843. The molecule has 1 amide bonds. The molecule has 4 rings (SSSR count). The Hall–Kier alpha value is -3.68. The topological polar surface area (TPSA) is 73.4 Å². The first-order chi connectivity index (χ1) is 16.6. The van der Waals surface area contributed by atoms with Gasteiger partial charge in [0.15, 0.2) is 23.6 Å². The van der Waals surface area contributed by atoms with Crippen LogP contribution in [0.4, 0.5) is 0 Å². The standard InChI is InChI=1S/C27H27N3O4.ClH/c1-33-27(32)23(19-34-18-22-12-6-3-7-13-22)28-26(31)17-30-20-29(16-21-10-4-2-5-11-21)24-14-8-9-15-25(24)30;/h2-15,20,23H,16-19H2,1H3;1H/t23-;/m0./s1. The van der Waals surface area contributed by atoms with Crippen LogP contribution in [0.15, 0.2) is 91.3 Å². The Kier molecular flexibility index (Phi) is 9.40. The zero-order valence-electron chi connectivity index (χ0n) is 19.5. The fourth-order valence-electron chi connectivity index (χ4n) is 3.85. The van der Waals surface area contributed by atoms with Crippen LogP contribution in [0, 0.1) is 0 Å². The second-order valence-corrected chi connectivity index (χ2v) is 7.99. The average Bonchev–Trinajstić information content (AvgIpc) is 3.21. The molecule has 1 heterocycles. The number of nitrogens with one attached hydrogen (secondary N) is 1. The first-order valence-corrected chi connectivity index (χ1v) is 11.1. The molecular weight excluding hydrogens is 466 g/mol. The minimum absolute atomic E-state index is 0. The van der Waals surface area contributed by atoms with Crippen LogP contribution >= 0.6 is 0 Å². The molecule has 0 bridgehead atoms. The number of carbonyl (C=O) groups excluding carboxylic acids is 2. The van der Waals surface area contributed by atoms with Gasteiger partial charge in [0.2, 0.25) is 6.33 Å². The summed E-state index contributed by atoms with van der Waals surface area (Å²) in [7, 11) is 1.30. The highest BCUT2D eigenvalue weighted by Crippen LogP contribution is 2.12. The summed E-state index contributed by atoms with van der Waals surface area (Å²) < 4.78 is 14.5. The Balaban J connectivity index is 0.00000342. The van der Waals surface area contributed by atoms with E-state index in [2.05, 4.69) is 22.0 Å². The van der Waals surface area contributed by atoms with Gasteiger partial charge in [-0.1, -0.05) is 72.8 Å². The highest BCUT2D eigenvalue weighted by atomic mass is 35.5. The summed E-state index contributed by atoms with van der Waals surface area (Å²) in [4.78, 5) is 25.1. The molecule has 0 saturated carbocycles. The molecule has 1 atom stereocenters. The largest absolute Gasteiger partial charge is 1.00 e. The maximum absolute atomic E-state index is 12.9. The molecule has 0 aliphatic heterocycles. The number of halogens is 1. The van der Waals surface area contributed by atoms with E-state index in [1.807, 2.05) is 83.7 Å². The number of rotatable bonds is 10. The second kappa shape index (κ2) is 12.7. The fraction of sp³-hybridized carbons (Fsp3) is 0.222. The van der Waals surface area contributed by atoms with Crippen molar-refractivity contribution in [1.29, 1.82) is 0 Å². The van der Waals surface area contributed by atoms with E-state index < -0.39 is 12.0 Å². The number of benzene rings is 3. The van der Waals surface area contributed by atoms with Crippen LogP contribution in [0.1, 0.15) is 11.1 Å². The number of ether oxygens (including phenoxy) is 2. The minimum Gasteiger partial charge on any atom is -1.00 e. The van der Waals surface area contributed by atoms with Crippen molar-refractivity contribution in [1.82, 2.24) is 9.88 Å². The molecule has 0 aliphatic rings. The fourth-order valence-corrected chi connectivity index (χ4v) is 3.85. The third kappa shape index (κ3) is 6.91. The summed E-state index contributed by atoms with van der Waals surface area (Å²) in [5, 5.41) is 2.76. The van der Waals surface area contributed by atoms with Gasteiger partial charge < -0.3 is 27.2 Å². The molecule has 35 heavy (non-hydrogen) atoms. The maximum atomic E-state index is 12.9. The Morgan fingerprint density at radius 2 is 1.54 bits per heavy atom. The molecule has 0 saturated heterocycles. The van der Waals surface area contributed by atoms with Crippen LogP contribution < -0.4 is 22.3 Å². The molecule has 0 fully saturated rings. The van der Waals surface area contributed by atoms with E-state index in [1.165, 1.54) is 12.7 Å². The number of hydrogen-bond acceptors (Lipinski definition) is 4. The van der Waals surface area contributed by atoms with E-state index >= 15 is 0 Å². The van der Waals surface area contributed by atoms with Gasteiger partial charge in [-0.05, 0) is 23.3 Å². The zero-order valence-corrected chi connectivity index (χ0v) is 20.2. The van der Waals surface area contributed by atoms with Crippen molar-refractivity contribution >= 4 is 22.9 Å². The highest BCUT2D eigenvalue weighted by molar-refractivity contribution is 5.85. The Morgan fingerprint density at radius 3 is 2.23 bits per heavy atom. The monoisotopic (exact) mass is 493 g/mol. The summed E-state index contributed by atoms with van der Waals surface area (Å²) in [5.41, 5.74) is 4.11. The predicted molar refractivity (Wildman–Crippen MR) is 128 cm³/mol. The van der Waals surface area contributed by atoms with Crippen LogP contribution in [-0.4, -0.2) is 36.2 Å². The maximum Gasteiger partial charge on any atom is 0.330 e. The lowest BCUT2D eigenvalue weighted by atomic mass is 10.2. The molecule has 7 nitrogen and oxygen atoms in total. The van der Waals surface area contributed by atoms with Gasteiger partial charge in [0.1, 0.15) is 6.54 Å². The van der Waals surface area contributed by atoms with E-state index in [-0.39, 0.29) is 31.5 Å². The molecule has 0 unspecified atom stereocenters. The Bertz CT molecular complexity index is 1250. The zero-order chi connectivity index (χ0) is 23.8. The lowest BCUT2D eigenvalue weighted by Gasteiger charge is -2.16. The number of imidazole rings is 1. The van der Waals surface area contributed by atoms with Gasteiger partial charge in [0, 0.05) is 0 Å². The Morgan fingerprint density at radius 1 is 0.914 bits per heavy atom. The molecular formula is C27H28ClN3O4. The van der Waals surface area contributed by atoms with E-state index in [9.17, 15) is 9.59 Å². The molecule has 0 spiro atoms. The van der Waals surface area contributed by atoms with Crippen molar-refractivity contribution in [3.63, 3.8) is 0 Å². The normalized spacial score (nSPS) is 11.5. The molecule has 0 radical (unpaired) electrons. The molecule has 4 aromatic rings. The van der Waals surface area contributed by atoms with E-state index in [1.54, 1.807) is 0 Å². The van der Waals surface area contributed by atoms with Crippen molar-refractivity contribution in [2.45, 2.75) is 25.7 Å². The summed E-state index contributed by atoms with van der Waals surface area (Å²) in [6.07, 6.45) is 1.93. The van der Waals surface area contributed by atoms with Crippen molar-refractivity contribution in [3.05, 3.63) is 102 Å². The number of carbonyl (C=O) groups is 2. The number of methoxy groups -OCH3 is 1. The van der Waals surface area contributed by atoms with Crippen molar-refractivity contribution < 1.29 is 36.0 Å². The van der Waals surface area contributed by atoms with Gasteiger partial charge in [-0.15, -0.1) is 0 Å². The molecule has 3 aromatic carbocycles. The number of fused-ring (bicyclic) bond motifs is 1. The molecule has 182 valence electrons. The number of para-hydroxylation sites is 2. The van der Waals surface area contributed by atoms with Crippen molar-refractivity contribution in [2.24, 2.45) is 0 Å². The van der Waals surface area contributed by atoms with E-state index in [0.717, 1.165) is 16.6 Å². The highest BCUT2D eigenvalue weighted by Gasteiger charge is 2.24. The van der Waals surface area contributed by atoms with Gasteiger partial charge in [0.25, 0.3) is 5.91 Å². The van der Waals surface area contributed by atoms with Crippen LogP contribution in [0.5, 0.6) is 0 Å². The number of hydrogen-bond donors (Lipinski definition) is 1. The quantitative estimate of drug-likeness (QED) is 0.246. The number of aromatic nitrogens is 2. The van der Waals surface area contributed by atoms with Crippen LogP contribution in [0.25, 0.3) is 11.0 Å². The minimum atomic E-state index is -0.889. The van der Waals surface area contributed by atoms with E-state index in [0.29, 0.717) is 13.2 Å². The average molecular weight is 494 g/mol. The van der Waals surface area contributed by atoms with Gasteiger partial charge in [-0.2, -0.15) is 0 Å². The first kappa shape index (κ1) is 25.9. The van der Waals surface area contributed by atoms with Crippen LogP contribution in [-0.2, 0) is 38.8 Å². The SMILES string of the molecule is COC(=O)[C@H](COCc1ccccc1)NC(=O)Cn1c[n+](Cc2ccccc2)c2ccccc21.[Cl-]. The van der Waals surface area contributed by atoms with E-state index in [4.69, 9.17) is 9.47 Å². The third-order valence-corrected chi connectivity index (χ3v) is 5.51. The summed E-state index contributed by atoms with van der Waals surface area (Å²) in [6, 6.07) is 26.8. The number of nitrogens with zero attached hydrogens (tertiary/aromatic N) is 2. The van der Waals surface area contributed by atoms with Gasteiger partial charge in [0.05, 0.1) is 20.3 Å². The molecule has 1 aromatic heterocycles. The summed E-state index contributed by atoms with van der Waals surface area (Å²) in [6.45, 7) is 1.11. The van der Waals surface area contributed by atoms with Gasteiger partial charge in [-0.3, -0.25) is 4.79 Å². The first-order valence-electron chi connectivity index (χ1n) is 11.1. The molecule has 8 heteroatoms. The lowest BCUT2D eigenvalue weighted by molar-refractivity contribution is -0.663. The van der Waals surface area contributed by atoms with Crippen LogP contribution in [0.3, 0.4) is 0 Å². The number of esters is 1. The van der Waals surface area contributed by atoms with Crippen molar-refractivity contribution in [2.75, 3.05) is 13.7 Å². The van der Waals surface area contributed by atoms with Crippen LogP contribution in [0.2, 0.25) is 0 Å². The Labute approximate surface area is 210 Å². The third-order valence-electron chi connectivity index (χ3n) is 5.51. The van der Waals surface area contributed by atoms with Gasteiger partial charge in [-0.25, -0.2) is 13.9 Å². The summed E-state index contributed by atoms with van der Waals surface area (Å²) >= 11 is 0. The molecule has 1 N–H and O–H groups in total.